The summed E-state index contributed by atoms with van der Waals surface area (Å²) in [5, 5.41) is 2.91. The zero-order chi connectivity index (χ0) is 30.4. The SMILES string of the molecule is CC(N)CC(=O)OCOC(=O)N1C[C@@]2(CCC(=O)N2)CC2C[C@]21CO[C@H](C)c1cc(C(F)(F)F)cc(C(F)(F)F)c1. The molecule has 1 aromatic rings. The minimum atomic E-state index is -5.01. The number of carbonyl (C=O) groups is 3. The van der Waals surface area contributed by atoms with Gasteiger partial charge in [-0.25, -0.2) is 4.79 Å². The summed E-state index contributed by atoms with van der Waals surface area (Å²) in [6.45, 7) is 2.06. The van der Waals surface area contributed by atoms with E-state index in [2.05, 4.69) is 5.32 Å². The molecular weight excluding hydrogens is 564 g/mol. The number of piperidine rings is 1. The van der Waals surface area contributed by atoms with Gasteiger partial charge in [0, 0.05) is 19.0 Å². The van der Waals surface area contributed by atoms with Gasteiger partial charge in [-0.15, -0.1) is 0 Å². The quantitative estimate of drug-likeness (QED) is 0.261. The largest absolute Gasteiger partial charge is 0.428 e. The number of hydrogen-bond donors (Lipinski definition) is 2. The molecule has 0 aromatic heterocycles. The molecule has 0 bridgehead atoms. The van der Waals surface area contributed by atoms with Crippen LogP contribution in [0.15, 0.2) is 18.2 Å². The lowest BCUT2D eigenvalue weighted by Gasteiger charge is -2.44. The number of amides is 2. The Morgan fingerprint density at radius 2 is 1.71 bits per heavy atom. The molecule has 2 amide bonds. The predicted molar refractivity (Wildman–Crippen MR) is 129 cm³/mol. The van der Waals surface area contributed by atoms with E-state index in [-0.39, 0.29) is 49.4 Å². The summed E-state index contributed by atoms with van der Waals surface area (Å²) in [5.74, 6) is -1.03. The van der Waals surface area contributed by atoms with Crippen molar-refractivity contribution in [1.82, 2.24) is 10.2 Å². The Labute approximate surface area is 231 Å². The molecule has 9 nitrogen and oxygen atoms in total. The molecule has 15 heteroatoms. The molecule has 1 saturated carbocycles. The number of rotatable bonds is 8. The number of fused-ring (bicyclic) bond motifs is 1. The first kappa shape index (κ1) is 30.9. The molecular formula is C26H31F6N3O6. The molecule has 2 saturated heterocycles. The number of hydrogen-bond acceptors (Lipinski definition) is 7. The summed E-state index contributed by atoms with van der Waals surface area (Å²) < 4.78 is 95.9. The van der Waals surface area contributed by atoms with Crippen molar-refractivity contribution in [2.24, 2.45) is 11.7 Å². The van der Waals surface area contributed by atoms with Crippen molar-refractivity contribution in [2.45, 2.75) is 81.5 Å². The molecule has 3 fully saturated rings. The molecule has 5 atom stereocenters. The van der Waals surface area contributed by atoms with Gasteiger partial charge in [-0.05, 0) is 62.8 Å². The van der Waals surface area contributed by atoms with Crippen molar-refractivity contribution in [2.75, 3.05) is 19.9 Å². The highest BCUT2D eigenvalue weighted by molar-refractivity contribution is 5.80. The number of esters is 1. The molecule has 3 aliphatic rings. The lowest BCUT2D eigenvalue weighted by molar-refractivity contribution is -0.153. The number of nitrogens with zero attached hydrogens (tertiary/aromatic N) is 1. The second-order valence-electron chi connectivity index (χ2n) is 11.1. The van der Waals surface area contributed by atoms with Crippen LogP contribution in [0.2, 0.25) is 0 Å². The summed E-state index contributed by atoms with van der Waals surface area (Å²) in [5.41, 5.74) is 0.628. The van der Waals surface area contributed by atoms with E-state index < -0.39 is 65.6 Å². The fourth-order valence-corrected chi connectivity index (χ4v) is 5.63. The average molecular weight is 596 g/mol. The van der Waals surface area contributed by atoms with Gasteiger partial charge in [-0.1, -0.05) is 0 Å². The molecule has 1 spiro atoms. The third kappa shape index (κ3) is 6.88. The minimum absolute atomic E-state index is 0.0427. The van der Waals surface area contributed by atoms with Crippen molar-refractivity contribution < 1.29 is 54.9 Å². The van der Waals surface area contributed by atoms with Crippen molar-refractivity contribution in [3.8, 4) is 0 Å². The van der Waals surface area contributed by atoms with E-state index in [9.17, 15) is 40.7 Å². The van der Waals surface area contributed by atoms with Crippen LogP contribution in [0.25, 0.3) is 0 Å². The van der Waals surface area contributed by atoms with Crippen molar-refractivity contribution in [1.29, 1.82) is 0 Å². The number of halogens is 6. The molecule has 2 unspecified atom stereocenters. The first-order valence-corrected chi connectivity index (χ1v) is 13.0. The van der Waals surface area contributed by atoms with E-state index in [0.29, 0.717) is 31.4 Å². The van der Waals surface area contributed by atoms with Crippen LogP contribution >= 0.6 is 0 Å². The van der Waals surface area contributed by atoms with Crippen LogP contribution in [-0.4, -0.2) is 59.9 Å². The number of likely N-dealkylation sites (tertiary alicyclic amines) is 1. The lowest BCUT2D eigenvalue weighted by Crippen LogP contribution is -2.61. The Morgan fingerprint density at radius 3 is 2.24 bits per heavy atom. The predicted octanol–water partition coefficient (Wildman–Crippen LogP) is 4.29. The molecule has 2 heterocycles. The van der Waals surface area contributed by atoms with Gasteiger partial charge in [0.1, 0.15) is 0 Å². The van der Waals surface area contributed by atoms with E-state index in [1.165, 1.54) is 11.8 Å². The Balaban J connectivity index is 1.50. The van der Waals surface area contributed by atoms with Gasteiger partial charge in [0.15, 0.2) is 0 Å². The third-order valence-corrected chi connectivity index (χ3v) is 7.84. The molecule has 41 heavy (non-hydrogen) atoms. The van der Waals surface area contributed by atoms with Gasteiger partial charge >= 0.3 is 24.4 Å². The number of ether oxygens (including phenoxy) is 3. The summed E-state index contributed by atoms with van der Waals surface area (Å²) >= 11 is 0. The van der Waals surface area contributed by atoms with Crippen molar-refractivity contribution in [3.63, 3.8) is 0 Å². The van der Waals surface area contributed by atoms with Gasteiger partial charge in [0.05, 0.1) is 41.3 Å². The van der Waals surface area contributed by atoms with Crippen LogP contribution in [0.5, 0.6) is 0 Å². The second kappa shape index (κ2) is 11.0. The molecule has 1 aliphatic carbocycles. The number of benzene rings is 1. The third-order valence-electron chi connectivity index (χ3n) is 7.84. The maximum atomic E-state index is 13.3. The minimum Gasteiger partial charge on any atom is -0.428 e. The average Bonchev–Trinajstić information content (AvgIpc) is 3.45. The number of alkyl halides is 6. The molecule has 3 N–H and O–H groups in total. The highest BCUT2D eigenvalue weighted by Crippen LogP contribution is 2.58. The first-order chi connectivity index (χ1) is 18.9. The Bertz CT molecular complexity index is 1160. The van der Waals surface area contributed by atoms with Crippen LogP contribution in [0.4, 0.5) is 31.1 Å². The Hall–Kier alpha value is -3.07. The topological polar surface area (TPSA) is 120 Å². The number of carbonyl (C=O) groups excluding carboxylic acids is 3. The van der Waals surface area contributed by atoms with E-state index >= 15 is 0 Å². The zero-order valence-corrected chi connectivity index (χ0v) is 22.4. The normalized spacial score (nSPS) is 27.2. The summed E-state index contributed by atoms with van der Waals surface area (Å²) in [7, 11) is 0. The molecule has 0 radical (unpaired) electrons. The van der Waals surface area contributed by atoms with Gasteiger partial charge < -0.3 is 25.3 Å². The smallest absolute Gasteiger partial charge is 0.416 e. The van der Waals surface area contributed by atoms with Crippen LogP contribution in [0.3, 0.4) is 0 Å². The Kier molecular flexibility index (Phi) is 8.26. The van der Waals surface area contributed by atoms with Crippen LogP contribution in [-0.2, 0) is 36.2 Å². The van der Waals surface area contributed by atoms with Gasteiger partial charge in [0.2, 0.25) is 12.7 Å². The van der Waals surface area contributed by atoms with Gasteiger partial charge in [-0.2, -0.15) is 26.3 Å². The summed E-state index contributed by atoms with van der Waals surface area (Å²) in [4.78, 5) is 38.3. The molecule has 4 rings (SSSR count). The zero-order valence-electron chi connectivity index (χ0n) is 22.4. The lowest BCUT2D eigenvalue weighted by atomic mass is 9.84. The maximum Gasteiger partial charge on any atom is 0.416 e. The standard InChI is InChI=1S/C26H31F6N3O6/c1-14(33)5-21(37)40-13-41-22(38)35-11-23(4-3-20(36)34-23)9-19-10-24(19,35)12-39-15(2)16-6-17(25(27,28)29)8-18(7-16)26(30,31)32/h6-8,14-15,19H,3-5,9-13,33H2,1-2H3,(H,34,36)/t14?,15-,19?,23-,24+/m1/s1. The van der Waals surface area contributed by atoms with Crippen molar-refractivity contribution in [3.05, 3.63) is 34.9 Å². The van der Waals surface area contributed by atoms with Crippen LogP contribution < -0.4 is 11.1 Å². The van der Waals surface area contributed by atoms with Gasteiger partial charge in [-0.3, -0.25) is 14.5 Å². The van der Waals surface area contributed by atoms with Gasteiger partial charge in [0.25, 0.3) is 0 Å². The highest BCUT2D eigenvalue weighted by Gasteiger charge is 2.67. The highest BCUT2D eigenvalue weighted by atomic mass is 19.4. The van der Waals surface area contributed by atoms with E-state index in [0.717, 1.165) is 0 Å². The summed E-state index contributed by atoms with van der Waals surface area (Å²) in [6.07, 6.45) is -10.5. The second-order valence-corrected chi connectivity index (χ2v) is 11.1. The molecule has 2 aliphatic heterocycles. The fourth-order valence-electron chi connectivity index (χ4n) is 5.63. The fraction of sp³-hybridized carbons (Fsp3) is 0.654. The number of nitrogens with two attached hydrogens (primary N) is 1. The molecule has 1 aromatic carbocycles. The first-order valence-electron chi connectivity index (χ1n) is 13.0. The van der Waals surface area contributed by atoms with E-state index in [1.807, 2.05) is 0 Å². The maximum absolute atomic E-state index is 13.3. The van der Waals surface area contributed by atoms with E-state index in [1.54, 1.807) is 6.92 Å². The van der Waals surface area contributed by atoms with Crippen LogP contribution in [0.1, 0.15) is 68.7 Å². The monoisotopic (exact) mass is 595 g/mol. The number of nitrogens with one attached hydrogen (secondary N) is 1. The molecule has 228 valence electrons. The Morgan fingerprint density at radius 1 is 1.07 bits per heavy atom. The van der Waals surface area contributed by atoms with Crippen molar-refractivity contribution >= 4 is 18.0 Å². The summed E-state index contributed by atoms with van der Waals surface area (Å²) in [6, 6.07) is 0.786. The van der Waals surface area contributed by atoms with Crippen LogP contribution in [0, 0.1) is 5.92 Å². The van der Waals surface area contributed by atoms with E-state index in [4.69, 9.17) is 19.9 Å².